The first-order valence-corrected chi connectivity index (χ1v) is 10.8. The summed E-state index contributed by atoms with van der Waals surface area (Å²) in [6, 6.07) is 10.9. The molecule has 0 aliphatic heterocycles. The summed E-state index contributed by atoms with van der Waals surface area (Å²) in [5.74, 6) is 0.975. The maximum absolute atomic E-state index is 6.14. The van der Waals surface area contributed by atoms with E-state index in [1.54, 1.807) is 11.3 Å². The van der Waals surface area contributed by atoms with E-state index < -0.39 is 0 Å². The van der Waals surface area contributed by atoms with Crippen LogP contribution < -0.4 is 9.64 Å². The van der Waals surface area contributed by atoms with Crippen molar-refractivity contribution in [3.63, 3.8) is 0 Å². The van der Waals surface area contributed by atoms with Crippen molar-refractivity contribution in [3.05, 3.63) is 46.2 Å². The van der Waals surface area contributed by atoms with Gasteiger partial charge in [-0.15, -0.1) is 11.3 Å². The lowest BCUT2D eigenvalue weighted by molar-refractivity contribution is 0.242. The van der Waals surface area contributed by atoms with Gasteiger partial charge in [-0.3, -0.25) is 0 Å². The fourth-order valence-electron chi connectivity index (χ4n) is 2.84. The molecule has 142 valence electrons. The molecule has 0 amide bonds. The van der Waals surface area contributed by atoms with Crippen molar-refractivity contribution in [1.29, 1.82) is 0 Å². The highest BCUT2D eigenvalue weighted by Gasteiger charge is 2.11. The maximum atomic E-state index is 6.14. The topological polar surface area (TPSA) is 12.5 Å². The number of anilines is 1. The van der Waals surface area contributed by atoms with Gasteiger partial charge in [0.2, 0.25) is 0 Å². The Morgan fingerprint density at radius 2 is 1.77 bits per heavy atom. The molecule has 0 N–H and O–H groups in total. The Morgan fingerprint density at radius 1 is 1.04 bits per heavy atom. The molecule has 2 aromatic rings. The van der Waals surface area contributed by atoms with Gasteiger partial charge in [-0.1, -0.05) is 32.8 Å². The lowest BCUT2D eigenvalue weighted by atomic mass is 10.1. The molecule has 2 nitrogen and oxygen atoms in total. The Labute approximate surface area is 163 Å². The lowest BCUT2D eigenvalue weighted by Crippen LogP contribution is -2.25. The van der Waals surface area contributed by atoms with Gasteiger partial charge < -0.3 is 9.64 Å². The van der Waals surface area contributed by atoms with Gasteiger partial charge in [-0.25, -0.2) is 0 Å². The molecule has 0 radical (unpaired) electrons. The van der Waals surface area contributed by atoms with E-state index in [0.717, 1.165) is 24.4 Å². The molecule has 0 atom stereocenters. The monoisotopic (exact) mass is 371 g/mol. The van der Waals surface area contributed by atoms with E-state index in [9.17, 15) is 0 Å². The lowest BCUT2D eigenvalue weighted by Gasteiger charge is -2.26. The van der Waals surface area contributed by atoms with Gasteiger partial charge in [0.1, 0.15) is 5.75 Å². The van der Waals surface area contributed by atoms with E-state index in [1.807, 2.05) is 0 Å². The van der Waals surface area contributed by atoms with Crippen molar-refractivity contribution >= 4 is 29.2 Å². The molecule has 0 bridgehead atoms. The average Bonchev–Trinajstić information content (AvgIpc) is 3.14. The highest BCUT2D eigenvalue weighted by atomic mass is 32.1. The van der Waals surface area contributed by atoms with Gasteiger partial charge in [0.15, 0.2) is 0 Å². The molecule has 0 aliphatic carbocycles. The molecule has 0 saturated heterocycles. The predicted molar refractivity (Wildman–Crippen MR) is 117 cm³/mol. The normalized spacial score (nSPS) is 11.4. The third-order valence-corrected chi connectivity index (χ3v) is 5.10. The van der Waals surface area contributed by atoms with Crippen molar-refractivity contribution < 1.29 is 4.74 Å². The summed E-state index contributed by atoms with van der Waals surface area (Å²) in [6.07, 6.45) is 9.39. The van der Waals surface area contributed by atoms with Crippen LogP contribution in [0.2, 0.25) is 0 Å². The van der Waals surface area contributed by atoms with Crippen LogP contribution in [-0.4, -0.2) is 19.2 Å². The average molecular weight is 372 g/mol. The van der Waals surface area contributed by atoms with Gasteiger partial charge in [0, 0.05) is 35.3 Å². The number of thiophene rings is 1. The minimum atomic E-state index is 0.166. The van der Waals surface area contributed by atoms with Gasteiger partial charge in [-0.2, -0.15) is 0 Å². The van der Waals surface area contributed by atoms with Gasteiger partial charge in [-0.05, 0) is 62.4 Å². The van der Waals surface area contributed by atoms with Crippen LogP contribution >= 0.6 is 11.3 Å². The van der Waals surface area contributed by atoms with Crippen molar-refractivity contribution in [3.8, 4) is 5.75 Å². The fourth-order valence-corrected chi connectivity index (χ4v) is 3.46. The Hall–Kier alpha value is -1.74. The largest absolute Gasteiger partial charge is 0.490 e. The highest BCUT2D eigenvalue weighted by molar-refractivity contribution is 7.10. The van der Waals surface area contributed by atoms with E-state index in [4.69, 9.17) is 4.74 Å². The molecular weight excluding hydrogens is 338 g/mol. The van der Waals surface area contributed by atoms with E-state index in [1.165, 1.54) is 36.2 Å². The first-order chi connectivity index (χ1) is 12.6. The molecule has 1 aromatic heterocycles. The highest BCUT2D eigenvalue weighted by Crippen LogP contribution is 2.29. The van der Waals surface area contributed by atoms with Crippen molar-refractivity contribution in [2.24, 2.45) is 0 Å². The standard InChI is InChI=1S/C23H33NOS/c1-5-7-15-24(16-8-6-2)21-13-11-20(23(18-21)25-19(3)4)12-14-22-10-9-17-26-22/h9-14,17-19H,5-8,15-16H2,1-4H3/b14-12+. The third kappa shape index (κ3) is 6.53. The van der Waals surface area contributed by atoms with E-state index in [2.05, 4.69) is 80.5 Å². The van der Waals surface area contributed by atoms with Crippen LogP contribution in [0.3, 0.4) is 0 Å². The van der Waals surface area contributed by atoms with Crippen LogP contribution in [0, 0.1) is 0 Å². The van der Waals surface area contributed by atoms with E-state index >= 15 is 0 Å². The molecule has 0 spiro atoms. The first-order valence-electron chi connectivity index (χ1n) is 9.91. The van der Waals surface area contributed by atoms with Crippen molar-refractivity contribution in [2.45, 2.75) is 59.5 Å². The first kappa shape index (κ1) is 20.6. The van der Waals surface area contributed by atoms with Crippen LogP contribution in [0.5, 0.6) is 5.75 Å². The molecule has 26 heavy (non-hydrogen) atoms. The second-order valence-corrected chi connectivity index (χ2v) is 7.91. The molecule has 0 fully saturated rings. The molecule has 1 aromatic carbocycles. The summed E-state index contributed by atoms with van der Waals surface area (Å²) in [7, 11) is 0. The number of ether oxygens (including phenoxy) is 1. The quantitative estimate of drug-likeness (QED) is 0.417. The molecule has 0 unspecified atom stereocenters. The van der Waals surface area contributed by atoms with Crippen LogP contribution in [0.25, 0.3) is 12.2 Å². The number of benzene rings is 1. The van der Waals surface area contributed by atoms with Gasteiger partial charge in [0.25, 0.3) is 0 Å². The van der Waals surface area contributed by atoms with Crippen molar-refractivity contribution in [2.75, 3.05) is 18.0 Å². The number of hydrogen-bond donors (Lipinski definition) is 0. The Balaban J connectivity index is 2.26. The molecule has 3 heteroatoms. The zero-order valence-corrected chi connectivity index (χ0v) is 17.5. The summed E-state index contributed by atoms with van der Waals surface area (Å²) in [5.41, 5.74) is 2.41. The summed E-state index contributed by atoms with van der Waals surface area (Å²) in [5, 5.41) is 2.10. The predicted octanol–water partition coefficient (Wildman–Crippen LogP) is 7.11. The Kier molecular flexibility index (Phi) is 8.76. The zero-order chi connectivity index (χ0) is 18.8. The van der Waals surface area contributed by atoms with Gasteiger partial charge in [0.05, 0.1) is 6.10 Å². The Bertz CT molecular complexity index is 653. The Morgan fingerprint density at radius 3 is 2.35 bits per heavy atom. The molecule has 2 rings (SSSR count). The second kappa shape index (κ2) is 11.1. The molecular formula is C23H33NOS. The summed E-state index contributed by atoms with van der Waals surface area (Å²) in [6.45, 7) is 10.9. The number of hydrogen-bond acceptors (Lipinski definition) is 3. The minimum absolute atomic E-state index is 0.166. The fraction of sp³-hybridized carbons (Fsp3) is 0.478. The summed E-state index contributed by atoms with van der Waals surface area (Å²) in [4.78, 5) is 3.77. The van der Waals surface area contributed by atoms with Crippen molar-refractivity contribution in [1.82, 2.24) is 0 Å². The minimum Gasteiger partial charge on any atom is -0.490 e. The molecule has 0 saturated carbocycles. The zero-order valence-electron chi connectivity index (χ0n) is 16.7. The SMILES string of the molecule is CCCCN(CCCC)c1ccc(/C=C/c2cccs2)c(OC(C)C)c1. The van der Waals surface area contributed by atoms with Gasteiger partial charge >= 0.3 is 0 Å². The maximum Gasteiger partial charge on any atom is 0.128 e. The van der Waals surface area contributed by atoms with E-state index in [-0.39, 0.29) is 6.10 Å². The second-order valence-electron chi connectivity index (χ2n) is 6.93. The van der Waals surface area contributed by atoms with Crippen LogP contribution in [0.4, 0.5) is 5.69 Å². The number of unbranched alkanes of at least 4 members (excludes halogenated alkanes) is 2. The number of nitrogens with zero attached hydrogens (tertiary/aromatic N) is 1. The van der Waals surface area contributed by atoms with Crippen LogP contribution in [-0.2, 0) is 0 Å². The summed E-state index contributed by atoms with van der Waals surface area (Å²) >= 11 is 1.75. The molecule has 1 heterocycles. The number of rotatable bonds is 11. The van der Waals surface area contributed by atoms with E-state index in [0.29, 0.717) is 0 Å². The molecule has 0 aliphatic rings. The smallest absolute Gasteiger partial charge is 0.128 e. The van der Waals surface area contributed by atoms with Crippen LogP contribution in [0.1, 0.15) is 63.8 Å². The third-order valence-electron chi connectivity index (χ3n) is 4.26. The van der Waals surface area contributed by atoms with Crippen LogP contribution in [0.15, 0.2) is 35.7 Å². The summed E-state index contributed by atoms with van der Waals surface area (Å²) < 4.78 is 6.14.